The van der Waals surface area contributed by atoms with Crippen molar-refractivity contribution in [3.8, 4) is 5.75 Å². The number of ether oxygens (including phenoxy) is 1. The predicted octanol–water partition coefficient (Wildman–Crippen LogP) is 3.14. The number of para-hydroxylation sites is 1. The van der Waals surface area contributed by atoms with Gasteiger partial charge >= 0.3 is 0 Å². The Hall–Kier alpha value is -2.33. The molecular formula is C21H25NO3. The molecule has 25 heavy (non-hydrogen) atoms. The molecule has 0 aromatic heterocycles. The normalized spacial score (nSPS) is 15.7. The van der Waals surface area contributed by atoms with Crippen molar-refractivity contribution in [3.05, 3.63) is 65.2 Å². The van der Waals surface area contributed by atoms with Crippen molar-refractivity contribution in [3.63, 3.8) is 0 Å². The van der Waals surface area contributed by atoms with Crippen molar-refractivity contribution in [1.29, 1.82) is 0 Å². The summed E-state index contributed by atoms with van der Waals surface area (Å²) in [6.45, 7) is 0.755. The van der Waals surface area contributed by atoms with Crippen molar-refractivity contribution in [1.82, 2.24) is 4.90 Å². The van der Waals surface area contributed by atoms with Gasteiger partial charge in [0.25, 0.3) is 0 Å². The third-order valence-electron chi connectivity index (χ3n) is 4.95. The van der Waals surface area contributed by atoms with E-state index in [4.69, 9.17) is 4.74 Å². The standard InChI is InChI=1S/C21H25NO3/c1-25-20-9-5-3-7-18(20)15-22(12-13-23)21(24)14-17-11-10-16-6-2-4-8-19(16)17/h2-9,17,23H,10-15H2,1H3. The molecule has 2 aromatic carbocycles. The van der Waals surface area contributed by atoms with Crippen LogP contribution in [0.3, 0.4) is 0 Å². The molecule has 1 aliphatic rings. The van der Waals surface area contributed by atoms with E-state index in [2.05, 4.69) is 18.2 Å². The molecule has 1 atom stereocenters. The Balaban J connectivity index is 1.71. The minimum Gasteiger partial charge on any atom is -0.496 e. The average molecular weight is 339 g/mol. The first-order valence-corrected chi connectivity index (χ1v) is 8.81. The van der Waals surface area contributed by atoms with Crippen LogP contribution < -0.4 is 4.74 Å². The Morgan fingerprint density at radius 2 is 1.96 bits per heavy atom. The first-order chi connectivity index (χ1) is 12.2. The van der Waals surface area contributed by atoms with Gasteiger partial charge in [-0.3, -0.25) is 4.79 Å². The molecule has 2 aromatic rings. The Labute approximate surface area is 149 Å². The maximum absolute atomic E-state index is 12.9. The van der Waals surface area contributed by atoms with Crippen molar-refractivity contribution in [2.45, 2.75) is 31.7 Å². The molecule has 0 spiro atoms. The van der Waals surface area contributed by atoms with E-state index >= 15 is 0 Å². The molecule has 0 radical (unpaired) electrons. The summed E-state index contributed by atoms with van der Waals surface area (Å²) in [4.78, 5) is 14.6. The Bertz CT molecular complexity index is 729. The van der Waals surface area contributed by atoms with E-state index in [1.807, 2.05) is 30.3 Å². The van der Waals surface area contributed by atoms with Gasteiger partial charge in [-0.2, -0.15) is 0 Å². The highest BCUT2D eigenvalue weighted by atomic mass is 16.5. The highest BCUT2D eigenvalue weighted by molar-refractivity contribution is 5.77. The van der Waals surface area contributed by atoms with Crippen LogP contribution in [0.1, 0.15) is 35.4 Å². The molecule has 0 bridgehead atoms. The zero-order valence-electron chi connectivity index (χ0n) is 14.6. The molecular weight excluding hydrogens is 314 g/mol. The van der Waals surface area contributed by atoms with E-state index in [0.29, 0.717) is 19.5 Å². The van der Waals surface area contributed by atoms with Gasteiger partial charge in [-0.25, -0.2) is 0 Å². The van der Waals surface area contributed by atoms with Gasteiger partial charge in [0.1, 0.15) is 5.75 Å². The number of fused-ring (bicyclic) bond motifs is 1. The molecule has 0 saturated heterocycles. The second-order valence-corrected chi connectivity index (χ2v) is 6.49. The molecule has 4 heteroatoms. The number of rotatable bonds is 7. The number of benzene rings is 2. The maximum atomic E-state index is 12.9. The van der Waals surface area contributed by atoms with E-state index in [-0.39, 0.29) is 18.4 Å². The number of nitrogens with zero attached hydrogens (tertiary/aromatic N) is 1. The molecule has 0 aliphatic heterocycles. The minimum atomic E-state index is -0.0395. The molecule has 1 aliphatic carbocycles. The molecule has 132 valence electrons. The number of hydrogen-bond acceptors (Lipinski definition) is 3. The molecule has 1 N–H and O–H groups in total. The lowest BCUT2D eigenvalue weighted by molar-refractivity contribution is -0.132. The van der Waals surface area contributed by atoms with E-state index in [9.17, 15) is 9.90 Å². The zero-order valence-corrected chi connectivity index (χ0v) is 14.6. The van der Waals surface area contributed by atoms with Crippen molar-refractivity contribution < 1.29 is 14.6 Å². The molecule has 1 unspecified atom stereocenters. The number of carbonyl (C=O) groups excluding carboxylic acids is 1. The summed E-state index contributed by atoms with van der Waals surface area (Å²) >= 11 is 0. The van der Waals surface area contributed by atoms with E-state index in [1.165, 1.54) is 11.1 Å². The first kappa shape index (κ1) is 17.5. The molecule has 0 saturated carbocycles. The highest BCUT2D eigenvalue weighted by Crippen LogP contribution is 2.35. The fourth-order valence-corrected chi connectivity index (χ4v) is 3.65. The molecule has 4 nitrogen and oxygen atoms in total. The van der Waals surface area contributed by atoms with Gasteiger partial charge in [0.15, 0.2) is 0 Å². The monoisotopic (exact) mass is 339 g/mol. The van der Waals surface area contributed by atoms with Crippen LogP contribution in [-0.4, -0.2) is 36.2 Å². The van der Waals surface area contributed by atoms with Crippen LogP contribution in [0.15, 0.2) is 48.5 Å². The van der Waals surface area contributed by atoms with Gasteiger partial charge in [-0.15, -0.1) is 0 Å². The lowest BCUT2D eigenvalue weighted by Crippen LogP contribution is -2.34. The topological polar surface area (TPSA) is 49.8 Å². The number of amides is 1. The van der Waals surface area contributed by atoms with E-state index < -0.39 is 0 Å². The Morgan fingerprint density at radius 3 is 2.76 bits per heavy atom. The lowest BCUT2D eigenvalue weighted by atomic mass is 9.97. The maximum Gasteiger partial charge on any atom is 0.223 e. The number of carbonyl (C=O) groups is 1. The smallest absolute Gasteiger partial charge is 0.223 e. The summed E-state index contributed by atoms with van der Waals surface area (Å²) in [5.74, 6) is 1.13. The Kier molecular flexibility index (Phi) is 5.71. The highest BCUT2D eigenvalue weighted by Gasteiger charge is 2.26. The van der Waals surface area contributed by atoms with Gasteiger partial charge in [0, 0.05) is 25.1 Å². The summed E-state index contributed by atoms with van der Waals surface area (Å²) < 4.78 is 5.38. The van der Waals surface area contributed by atoms with Crippen molar-refractivity contribution in [2.75, 3.05) is 20.3 Å². The fraction of sp³-hybridized carbons (Fsp3) is 0.381. The van der Waals surface area contributed by atoms with Crippen LogP contribution in [0.25, 0.3) is 0 Å². The number of hydrogen-bond donors (Lipinski definition) is 1. The zero-order chi connectivity index (χ0) is 17.6. The third kappa shape index (κ3) is 4.02. The molecule has 1 amide bonds. The summed E-state index contributed by atoms with van der Waals surface area (Å²) in [7, 11) is 1.63. The van der Waals surface area contributed by atoms with Crippen LogP contribution in [0.4, 0.5) is 0 Å². The van der Waals surface area contributed by atoms with Crippen LogP contribution in [0, 0.1) is 0 Å². The largest absolute Gasteiger partial charge is 0.496 e. The van der Waals surface area contributed by atoms with Crippen molar-refractivity contribution in [2.24, 2.45) is 0 Å². The van der Waals surface area contributed by atoms with E-state index in [0.717, 1.165) is 24.2 Å². The number of methoxy groups -OCH3 is 1. The third-order valence-corrected chi connectivity index (χ3v) is 4.95. The van der Waals surface area contributed by atoms with Crippen LogP contribution in [0.5, 0.6) is 5.75 Å². The number of aliphatic hydroxyl groups is 1. The van der Waals surface area contributed by atoms with Crippen molar-refractivity contribution >= 4 is 5.91 Å². The Morgan fingerprint density at radius 1 is 1.20 bits per heavy atom. The lowest BCUT2D eigenvalue weighted by Gasteiger charge is -2.24. The van der Waals surface area contributed by atoms with Crippen LogP contribution in [0.2, 0.25) is 0 Å². The van der Waals surface area contributed by atoms with E-state index in [1.54, 1.807) is 12.0 Å². The second kappa shape index (κ2) is 8.17. The van der Waals surface area contributed by atoms with Gasteiger partial charge in [0.2, 0.25) is 5.91 Å². The summed E-state index contributed by atoms with van der Waals surface area (Å²) in [5.41, 5.74) is 3.62. The minimum absolute atomic E-state index is 0.0395. The molecule has 0 heterocycles. The fourth-order valence-electron chi connectivity index (χ4n) is 3.65. The molecule has 0 fully saturated rings. The van der Waals surface area contributed by atoms with Gasteiger partial charge in [-0.05, 0) is 36.0 Å². The van der Waals surface area contributed by atoms with Crippen LogP contribution in [-0.2, 0) is 17.8 Å². The number of aryl methyl sites for hydroxylation is 1. The van der Waals surface area contributed by atoms with Crippen LogP contribution >= 0.6 is 0 Å². The SMILES string of the molecule is COc1ccccc1CN(CCO)C(=O)CC1CCc2ccccc21. The summed E-state index contributed by atoms with van der Waals surface area (Å²) in [6.07, 6.45) is 2.56. The molecule has 3 rings (SSSR count). The average Bonchev–Trinajstić information content (AvgIpc) is 3.05. The van der Waals surface area contributed by atoms with Gasteiger partial charge < -0.3 is 14.7 Å². The predicted molar refractivity (Wildman–Crippen MR) is 97.6 cm³/mol. The van der Waals surface area contributed by atoms with Gasteiger partial charge in [0.05, 0.1) is 13.7 Å². The number of aliphatic hydroxyl groups excluding tert-OH is 1. The first-order valence-electron chi connectivity index (χ1n) is 8.81. The summed E-state index contributed by atoms with van der Waals surface area (Å²) in [6, 6.07) is 16.1. The van der Waals surface area contributed by atoms with Gasteiger partial charge in [-0.1, -0.05) is 42.5 Å². The summed E-state index contributed by atoms with van der Waals surface area (Å²) in [5, 5.41) is 9.38. The second-order valence-electron chi connectivity index (χ2n) is 6.49. The quantitative estimate of drug-likeness (QED) is 0.843.